The van der Waals surface area contributed by atoms with Gasteiger partial charge in [0.05, 0.1) is 12.7 Å². The Labute approximate surface area is 64.7 Å². The fourth-order valence-corrected chi connectivity index (χ4v) is 2.15. The zero-order valence-corrected chi connectivity index (χ0v) is 8.60. The van der Waals surface area contributed by atoms with Crippen molar-refractivity contribution < 1.29 is 9.16 Å². The number of rotatable bonds is 4. The second kappa shape index (κ2) is 4.11. The standard InChI is InChI=1S/C7H18O2Si/c1-7(6-8-2)9-10(3,4)5/h7H,6H2,1-5H3/t7-/m0/s1. The smallest absolute Gasteiger partial charge is 0.184 e. The first-order valence-corrected chi connectivity index (χ1v) is 7.03. The van der Waals surface area contributed by atoms with Crippen molar-refractivity contribution >= 4 is 8.32 Å². The van der Waals surface area contributed by atoms with Crippen LogP contribution in [-0.4, -0.2) is 28.1 Å². The molecule has 0 aliphatic heterocycles. The van der Waals surface area contributed by atoms with Gasteiger partial charge in [0, 0.05) is 7.11 Å². The monoisotopic (exact) mass is 162 g/mol. The largest absolute Gasteiger partial charge is 0.413 e. The van der Waals surface area contributed by atoms with Crippen LogP contribution in [0, 0.1) is 0 Å². The molecule has 0 aliphatic carbocycles. The van der Waals surface area contributed by atoms with Crippen molar-refractivity contribution in [2.24, 2.45) is 0 Å². The molecule has 0 aromatic heterocycles. The van der Waals surface area contributed by atoms with Crippen molar-refractivity contribution in [3.05, 3.63) is 0 Å². The third kappa shape index (κ3) is 6.26. The molecule has 0 fully saturated rings. The Balaban J connectivity index is 3.47. The molecular formula is C7H18O2Si. The average Bonchev–Trinajstić information content (AvgIpc) is 1.59. The number of methoxy groups -OCH3 is 1. The van der Waals surface area contributed by atoms with E-state index in [4.69, 9.17) is 9.16 Å². The molecule has 1 atom stereocenters. The van der Waals surface area contributed by atoms with Gasteiger partial charge in [-0.2, -0.15) is 0 Å². The summed E-state index contributed by atoms with van der Waals surface area (Å²) in [7, 11) is 0.361. The third-order valence-electron chi connectivity index (χ3n) is 0.956. The molecule has 0 amide bonds. The summed E-state index contributed by atoms with van der Waals surface area (Å²) in [6.07, 6.45) is 0.247. The second-order valence-electron chi connectivity index (χ2n) is 3.50. The molecule has 0 bridgehead atoms. The molecule has 0 aromatic rings. The highest BCUT2D eigenvalue weighted by molar-refractivity contribution is 6.69. The summed E-state index contributed by atoms with van der Waals surface area (Å²) < 4.78 is 10.6. The van der Waals surface area contributed by atoms with Crippen molar-refractivity contribution in [3.8, 4) is 0 Å². The highest BCUT2D eigenvalue weighted by Gasteiger charge is 2.17. The molecule has 0 rings (SSSR count). The number of ether oxygens (including phenoxy) is 1. The van der Waals surface area contributed by atoms with E-state index in [1.54, 1.807) is 7.11 Å². The van der Waals surface area contributed by atoms with Gasteiger partial charge in [-0.25, -0.2) is 0 Å². The third-order valence-corrected chi connectivity index (χ3v) is 2.07. The molecular weight excluding hydrogens is 144 g/mol. The Kier molecular flexibility index (Phi) is 4.16. The molecule has 2 nitrogen and oxygen atoms in total. The van der Waals surface area contributed by atoms with Crippen molar-refractivity contribution in [1.82, 2.24) is 0 Å². The van der Waals surface area contributed by atoms with Crippen LogP contribution in [0.4, 0.5) is 0 Å². The van der Waals surface area contributed by atoms with Crippen molar-refractivity contribution in [3.63, 3.8) is 0 Å². The predicted molar refractivity (Wildman–Crippen MR) is 45.8 cm³/mol. The van der Waals surface area contributed by atoms with E-state index in [0.29, 0.717) is 6.61 Å². The second-order valence-corrected chi connectivity index (χ2v) is 7.96. The van der Waals surface area contributed by atoms with Gasteiger partial charge in [-0.1, -0.05) is 0 Å². The lowest BCUT2D eigenvalue weighted by Gasteiger charge is -2.22. The fourth-order valence-electron chi connectivity index (χ4n) is 0.872. The van der Waals surface area contributed by atoms with Crippen LogP contribution in [0.15, 0.2) is 0 Å². The zero-order chi connectivity index (χ0) is 8.20. The van der Waals surface area contributed by atoms with Crippen molar-refractivity contribution in [1.29, 1.82) is 0 Å². The molecule has 0 unspecified atom stereocenters. The Bertz CT molecular complexity index is 88.1. The maximum Gasteiger partial charge on any atom is 0.184 e. The van der Waals surface area contributed by atoms with E-state index in [-0.39, 0.29) is 6.10 Å². The molecule has 0 aromatic carbocycles. The predicted octanol–water partition coefficient (Wildman–Crippen LogP) is 1.87. The minimum Gasteiger partial charge on any atom is -0.413 e. The Hall–Kier alpha value is 0.137. The highest BCUT2D eigenvalue weighted by atomic mass is 28.4. The summed E-state index contributed by atoms with van der Waals surface area (Å²) in [5.41, 5.74) is 0. The van der Waals surface area contributed by atoms with Gasteiger partial charge in [-0.3, -0.25) is 0 Å². The molecule has 3 heteroatoms. The van der Waals surface area contributed by atoms with E-state index >= 15 is 0 Å². The van der Waals surface area contributed by atoms with Gasteiger partial charge < -0.3 is 9.16 Å². The van der Waals surface area contributed by atoms with Crippen LogP contribution >= 0.6 is 0 Å². The van der Waals surface area contributed by atoms with Crippen LogP contribution in [-0.2, 0) is 9.16 Å². The van der Waals surface area contributed by atoms with Gasteiger partial charge in [0.15, 0.2) is 8.32 Å². The molecule has 0 N–H and O–H groups in total. The lowest BCUT2D eigenvalue weighted by Crippen LogP contribution is -2.32. The van der Waals surface area contributed by atoms with Crippen LogP contribution in [0.5, 0.6) is 0 Å². The van der Waals surface area contributed by atoms with E-state index in [2.05, 4.69) is 19.6 Å². The van der Waals surface area contributed by atoms with E-state index in [9.17, 15) is 0 Å². The first-order chi connectivity index (χ1) is 4.45. The summed E-state index contributed by atoms with van der Waals surface area (Å²) in [6, 6.07) is 0. The van der Waals surface area contributed by atoms with Crippen molar-refractivity contribution in [2.75, 3.05) is 13.7 Å². The van der Waals surface area contributed by atoms with E-state index in [1.807, 2.05) is 6.92 Å². The number of hydrogen-bond acceptors (Lipinski definition) is 2. The Morgan fingerprint density at radius 2 is 1.80 bits per heavy atom. The van der Waals surface area contributed by atoms with Gasteiger partial charge in [0.1, 0.15) is 0 Å². The summed E-state index contributed by atoms with van der Waals surface area (Å²) in [5, 5.41) is 0. The van der Waals surface area contributed by atoms with Crippen LogP contribution < -0.4 is 0 Å². The normalized spacial score (nSPS) is 15.3. The first kappa shape index (κ1) is 10.1. The number of hydrogen-bond donors (Lipinski definition) is 0. The lowest BCUT2D eigenvalue weighted by atomic mass is 10.5. The van der Waals surface area contributed by atoms with Gasteiger partial charge >= 0.3 is 0 Å². The average molecular weight is 162 g/mol. The highest BCUT2D eigenvalue weighted by Crippen LogP contribution is 2.06. The van der Waals surface area contributed by atoms with Gasteiger partial charge in [0.25, 0.3) is 0 Å². The summed E-state index contributed by atoms with van der Waals surface area (Å²) in [4.78, 5) is 0. The van der Waals surface area contributed by atoms with Gasteiger partial charge in [0.2, 0.25) is 0 Å². The lowest BCUT2D eigenvalue weighted by molar-refractivity contribution is 0.0877. The topological polar surface area (TPSA) is 18.5 Å². The zero-order valence-electron chi connectivity index (χ0n) is 7.60. The Morgan fingerprint density at radius 3 is 2.10 bits per heavy atom. The SMILES string of the molecule is COC[C@H](C)O[Si](C)(C)C. The fraction of sp³-hybridized carbons (Fsp3) is 1.00. The molecule has 0 saturated carbocycles. The molecule has 0 saturated heterocycles. The first-order valence-electron chi connectivity index (χ1n) is 3.62. The minimum atomic E-state index is -1.34. The molecule has 62 valence electrons. The van der Waals surface area contributed by atoms with E-state index in [0.717, 1.165) is 0 Å². The van der Waals surface area contributed by atoms with E-state index < -0.39 is 8.32 Å². The molecule has 0 aliphatic rings. The molecule has 10 heavy (non-hydrogen) atoms. The van der Waals surface area contributed by atoms with Crippen LogP contribution in [0.1, 0.15) is 6.92 Å². The quantitative estimate of drug-likeness (QED) is 0.588. The van der Waals surface area contributed by atoms with Crippen LogP contribution in [0.25, 0.3) is 0 Å². The van der Waals surface area contributed by atoms with E-state index in [1.165, 1.54) is 0 Å². The summed E-state index contributed by atoms with van der Waals surface area (Å²) in [5.74, 6) is 0. The van der Waals surface area contributed by atoms with Gasteiger partial charge in [-0.05, 0) is 26.6 Å². The maximum atomic E-state index is 5.69. The molecule has 0 spiro atoms. The Morgan fingerprint density at radius 1 is 1.30 bits per heavy atom. The minimum absolute atomic E-state index is 0.247. The molecule has 0 radical (unpaired) electrons. The van der Waals surface area contributed by atoms with Crippen molar-refractivity contribution in [2.45, 2.75) is 32.7 Å². The van der Waals surface area contributed by atoms with Gasteiger partial charge in [-0.15, -0.1) is 0 Å². The van der Waals surface area contributed by atoms with Crippen LogP contribution in [0.2, 0.25) is 19.6 Å². The maximum absolute atomic E-state index is 5.69. The van der Waals surface area contributed by atoms with Crippen LogP contribution in [0.3, 0.4) is 0 Å². The molecule has 0 heterocycles. The summed E-state index contributed by atoms with van der Waals surface area (Å²) >= 11 is 0. The summed E-state index contributed by atoms with van der Waals surface area (Å²) in [6.45, 7) is 9.28.